The van der Waals surface area contributed by atoms with Crippen LogP contribution in [0.25, 0.3) is 0 Å². The van der Waals surface area contributed by atoms with Crippen molar-refractivity contribution in [3.05, 3.63) is 0 Å². The summed E-state index contributed by atoms with van der Waals surface area (Å²) in [6.45, 7) is 3.78. The highest BCUT2D eigenvalue weighted by Gasteiger charge is 2.31. The van der Waals surface area contributed by atoms with E-state index in [9.17, 15) is 4.79 Å². The van der Waals surface area contributed by atoms with Gasteiger partial charge in [-0.05, 0) is 57.7 Å². The van der Waals surface area contributed by atoms with Crippen LogP contribution in [0.5, 0.6) is 0 Å². The van der Waals surface area contributed by atoms with Crippen molar-refractivity contribution >= 4 is 30.7 Å². The van der Waals surface area contributed by atoms with Crippen LogP contribution in [-0.4, -0.2) is 66.7 Å². The van der Waals surface area contributed by atoms with Crippen molar-refractivity contribution in [3.8, 4) is 0 Å². The quantitative estimate of drug-likeness (QED) is 0.793. The third kappa shape index (κ3) is 5.57. The van der Waals surface area contributed by atoms with Gasteiger partial charge in [0.05, 0.1) is 6.61 Å². The highest BCUT2D eigenvalue weighted by molar-refractivity contribution is 5.85. The van der Waals surface area contributed by atoms with Gasteiger partial charge in [0.15, 0.2) is 0 Å². The van der Waals surface area contributed by atoms with Gasteiger partial charge < -0.3 is 20.6 Å². The van der Waals surface area contributed by atoms with E-state index in [2.05, 4.69) is 11.9 Å². The Morgan fingerprint density at radius 2 is 1.52 bits per heavy atom. The van der Waals surface area contributed by atoms with Gasteiger partial charge in [-0.1, -0.05) is 0 Å². The van der Waals surface area contributed by atoms with Gasteiger partial charge in [-0.15, -0.1) is 24.8 Å². The maximum absolute atomic E-state index is 11.9. The van der Waals surface area contributed by atoms with Crippen molar-refractivity contribution in [2.24, 2.45) is 17.6 Å². The average molecular weight is 342 g/mol. The summed E-state index contributed by atoms with van der Waals surface area (Å²) in [4.78, 5) is 16.1. The number of rotatable bonds is 3. The van der Waals surface area contributed by atoms with Crippen LogP contribution in [0.4, 0.5) is 0 Å². The monoisotopic (exact) mass is 341 g/mol. The van der Waals surface area contributed by atoms with Gasteiger partial charge in [-0.25, -0.2) is 0 Å². The zero-order valence-electron chi connectivity index (χ0n) is 12.7. The van der Waals surface area contributed by atoms with E-state index in [1.807, 2.05) is 4.90 Å². The lowest BCUT2D eigenvalue weighted by molar-refractivity contribution is -0.135. The van der Waals surface area contributed by atoms with Crippen molar-refractivity contribution < 1.29 is 9.90 Å². The van der Waals surface area contributed by atoms with Crippen LogP contribution in [0.15, 0.2) is 0 Å². The first-order chi connectivity index (χ1) is 9.11. The van der Waals surface area contributed by atoms with Crippen LogP contribution in [-0.2, 0) is 4.79 Å². The van der Waals surface area contributed by atoms with Gasteiger partial charge in [0, 0.05) is 13.1 Å². The number of halogens is 2. The number of amides is 1. The smallest absolute Gasteiger partial charge is 0.241 e. The Labute approximate surface area is 140 Å². The van der Waals surface area contributed by atoms with Gasteiger partial charge in [0.2, 0.25) is 5.91 Å². The first kappa shape index (κ1) is 20.9. The molecule has 0 aromatic rings. The zero-order valence-corrected chi connectivity index (χ0v) is 14.4. The third-order valence-electron chi connectivity index (χ3n) is 4.80. The summed E-state index contributed by atoms with van der Waals surface area (Å²) in [6, 6.07) is -0.736. The van der Waals surface area contributed by atoms with Crippen molar-refractivity contribution in [1.29, 1.82) is 0 Å². The Hall–Kier alpha value is -0.0700. The first-order valence-corrected chi connectivity index (χ1v) is 7.45. The molecule has 0 aromatic heterocycles. The zero-order chi connectivity index (χ0) is 13.8. The van der Waals surface area contributed by atoms with Crippen LogP contribution in [0.3, 0.4) is 0 Å². The number of aliphatic hydroxyl groups excluding tert-OH is 1. The lowest BCUT2D eigenvalue weighted by Crippen LogP contribution is -2.49. The molecule has 126 valence electrons. The number of aliphatic hydroxyl groups is 1. The van der Waals surface area contributed by atoms with Crippen LogP contribution in [0.2, 0.25) is 0 Å². The van der Waals surface area contributed by atoms with Gasteiger partial charge in [0.25, 0.3) is 0 Å². The molecule has 0 bridgehead atoms. The first-order valence-electron chi connectivity index (χ1n) is 7.45. The molecule has 0 aliphatic carbocycles. The fourth-order valence-electron chi connectivity index (χ4n) is 3.40. The minimum atomic E-state index is -0.736. The lowest BCUT2D eigenvalue weighted by atomic mass is 9.79. The Morgan fingerprint density at radius 3 is 1.95 bits per heavy atom. The predicted molar refractivity (Wildman–Crippen MR) is 89.1 cm³/mol. The van der Waals surface area contributed by atoms with E-state index < -0.39 is 6.04 Å². The molecular weight excluding hydrogens is 313 g/mol. The number of carbonyl (C=O) groups excluding carboxylic acids is 1. The summed E-state index contributed by atoms with van der Waals surface area (Å²) in [7, 11) is 2.19. The summed E-state index contributed by atoms with van der Waals surface area (Å²) >= 11 is 0. The van der Waals surface area contributed by atoms with Crippen molar-refractivity contribution in [2.45, 2.75) is 31.7 Å². The molecule has 0 radical (unpaired) electrons. The fraction of sp³-hybridized carbons (Fsp3) is 0.929. The normalized spacial score (nSPS) is 23.1. The number of likely N-dealkylation sites (tertiary alicyclic amines) is 2. The fourth-order valence-corrected chi connectivity index (χ4v) is 3.40. The molecule has 3 N–H and O–H groups in total. The number of piperidine rings is 2. The number of hydrogen-bond acceptors (Lipinski definition) is 4. The molecule has 2 heterocycles. The van der Waals surface area contributed by atoms with Crippen LogP contribution in [0.1, 0.15) is 25.7 Å². The molecule has 0 aromatic carbocycles. The molecule has 5 nitrogen and oxygen atoms in total. The minimum absolute atomic E-state index is 0. The molecule has 2 fully saturated rings. The number of nitrogens with zero attached hydrogens (tertiary/aromatic N) is 2. The Balaban J connectivity index is 0.00000200. The SMILES string of the molecule is CN1CCC(C2CCN(C(=O)[C@H](N)CO)CC2)CC1.Cl.Cl. The minimum Gasteiger partial charge on any atom is -0.394 e. The van der Waals surface area contributed by atoms with Crippen LogP contribution < -0.4 is 5.73 Å². The second kappa shape index (κ2) is 9.85. The summed E-state index contributed by atoms with van der Waals surface area (Å²) in [5, 5.41) is 8.94. The van der Waals surface area contributed by atoms with Crippen LogP contribution >= 0.6 is 24.8 Å². The number of carbonyl (C=O) groups is 1. The molecule has 1 atom stereocenters. The molecule has 2 saturated heterocycles. The molecule has 2 aliphatic heterocycles. The lowest BCUT2D eigenvalue weighted by Gasteiger charge is -2.39. The molecule has 21 heavy (non-hydrogen) atoms. The van der Waals surface area contributed by atoms with E-state index in [1.54, 1.807) is 0 Å². The third-order valence-corrected chi connectivity index (χ3v) is 4.80. The van der Waals surface area contributed by atoms with Crippen LogP contribution in [0, 0.1) is 11.8 Å². The van der Waals surface area contributed by atoms with E-state index in [-0.39, 0.29) is 37.3 Å². The highest BCUT2D eigenvalue weighted by atomic mass is 35.5. The summed E-state index contributed by atoms with van der Waals surface area (Å²) in [5.74, 6) is 1.51. The van der Waals surface area contributed by atoms with E-state index in [0.717, 1.165) is 37.8 Å². The van der Waals surface area contributed by atoms with E-state index in [0.29, 0.717) is 0 Å². The summed E-state index contributed by atoms with van der Waals surface area (Å²) in [6.07, 6.45) is 4.78. The average Bonchev–Trinajstić information content (AvgIpc) is 2.46. The predicted octanol–water partition coefficient (Wildman–Crippen LogP) is 0.730. The van der Waals surface area contributed by atoms with E-state index >= 15 is 0 Å². The van der Waals surface area contributed by atoms with E-state index in [1.165, 1.54) is 25.9 Å². The maximum Gasteiger partial charge on any atom is 0.241 e. The topological polar surface area (TPSA) is 69.8 Å². The van der Waals surface area contributed by atoms with Gasteiger partial charge in [-0.2, -0.15) is 0 Å². The second-order valence-corrected chi connectivity index (χ2v) is 6.09. The Bertz CT molecular complexity index is 305. The Kier molecular flexibility index (Phi) is 9.81. The van der Waals surface area contributed by atoms with Gasteiger partial charge >= 0.3 is 0 Å². The van der Waals surface area contributed by atoms with Gasteiger partial charge in [-0.3, -0.25) is 4.79 Å². The summed E-state index contributed by atoms with van der Waals surface area (Å²) < 4.78 is 0. The van der Waals surface area contributed by atoms with Crippen molar-refractivity contribution in [2.75, 3.05) is 39.8 Å². The maximum atomic E-state index is 11.9. The number of hydrogen-bond donors (Lipinski definition) is 2. The summed E-state index contributed by atoms with van der Waals surface area (Å²) in [5.41, 5.74) is 5.59. The largest absolute Gasteiger partial charge is 0.394 e. The highest BCUT2D eigenvalue weighted by Crippen LogP contribution is 2.32. The number of nitrogens with two attached hydrogens (primary N) is 1. The molecular formula is C14H29Cl2N3O2. The molecule has 0 spiro atoms. The molecule has 2 aliphatic rings. The van der Waals surface area contributed by atoms with Crippen molar-refractivity contribution in [1.82, 2.24) is 9.80 Å². The molecule has 7 heteroatoms. The standard InChI is InChI=1S/C14H27N3O2.2ClH/c1-16-6-2-11(3-7-16)12-4-8-17(9-5-12)14(19)13(15)10-18;;/h11-13,18H,2-10,15H2,1H3;2*1H/t13-;;/m1../s1. The molecule has 1 amide bonds. The van der Waals surface area contributed by atoms with Crippen molar-refractivity contribution in [3.63, 3.8) is 0 Å². The molecule has 0 unspecified atom stereocenters. The van der Waals surface area contributed by atoms with E-state index in [4.69, 9.17) is 10.8 Å². The molecule has 2 rings (SSSR count). The molecule has 0 saturated carbocycles. The Morgan fingerprint density at radius 1 is 1.10 bits per heavy atom. The second-order valence-electron chi connectivity index (χ2n) is 6.09. The van der Waals surface area contributed by atoms with Gasteiger partial charge in [0.1, 0.15) is 6.04 Å².